The fourth-order valence-electron chi connectivity index (χ4n) is 3.91. The Hall–Kier alpha value is -2.73. The topological polar surface area (TPSA) is 105 Å². The molecule has 28 heavy (non-hydrogen) atoms. The van der Waals surface area contributed by atoms with Crippen LogP contribution in [0.1, 0.15) is 43.2 Å². The summed E-state index contributed by atoms with van der Waals surface area (Å²) in [5.41, 5.74) is 7.42. The van der Waals surface area contributed by atoms with Gasteiger partial charge in [-0.1, -0.05) is 13.0 Å². The van der Waals surface area contributed by atoms with Gasteiger partial charge in [0.15, 0.2) is 6.04 Å². The molecular formula is C19H20F3N5O. The maximum atomic E-state index is 12.7. The highest BCUT2D eigenvalue weighted by Crippen LogP contribution is 2.39. The first kappa shape index (κ1) is 20.0. The molecule has 4 atom stereocenters. The van der Waals surface area contributed by atoms with Gasteiger partial charge >= 0.3 is 6.18 Å². The van der Waals surface area contributed by atoms with Gasteiger partial charge in [-0.25, -0.2) is 0 Å². The minimum atomic E-state index is -4.78. The molecule has 0 spiro atoms. The van der Waals surface area contributed by atoms with Crippen molar-refractivity contribution in [2.75, 3.05) is 0 Å². The molecule has 3 unspecified atom stereocenters. The zero-order valence-corrected chi connectivity index (χ0v) is 15.2. The molecule has 148 valence electrons. The number of carbonyl (C=O) groups is 1. The molecule has 1 amide bonds. The summed E-state index contributed by atoms with van der Waals surface area (Å²) >= 11 is 0. The molecule has 1 aliphatic carbocycles. The number of alkyl halides is 3. The van der Waals surface area contributed by atoms with Gasteiger partial charge in [-0.3, -0.25) is 14.8 Å². The summed E-state index contributed by atoms with van der Waals surface area (Å²) in [6.07, 6.45) is 0.127. The molecule has 3 N–H and O–H groups in total. The van der Waals surface area contributed by atoms with E-state index < -0.39 is 24.2 Å². The van der Waals surface area contributed by atoms with E-state index in [0.29, 0.717) is 29.4 Å². The highest BCUT2D eigenvalue weighted by Gasteiger charge is 2.43. The molecule has 2 aromatic rings. The van der Waals surface area contributed by atoms with Crippen LogP contribution in [0, 0.1) is 17.2 Å². The third-order valence-electron chi connectivity index (χ3n) is 5.14. The number of nitrogens with two attached hydrogens (primary N) is 1. The van der Waals surface area contributed by atoms with Crippen LogP contribution in [0.15, 0.2) is 24.5 Å². The monoisotopic (exact) mass is 391 g/mol. The number of nitriles is 1. The predicted octanol–water partition coefficient (Wildman–Crippen LogP) is 2.78. The molecule has 1 aromatic heterocycles. The normalized spacial score (nSPS) is 23.8. The van der Waals surface area contributed by atoms with Gasteiger partial charge in [0.25, 0.3) is 0 Å². The predicted molar refractivity (Wildman–Crippen MR) is 96.0 cm³/mol. The summed E-state index contributed by atoms with van der Waals surface area (Å²) in [5.74, 6) is -1.05. The lowest BCUT2D eigenvalue weighted by Gasteiger charge is -2.35. The zero-order chi connectivity index (χ0) is 20.5. The Morgan fingerprint density at radius 1 is 1.25 bits per heavy atom. The van der Waals surface area contributed by atoms with Crippen molar-refractivity contribution >= 4 is 16.9 Å². The number of hydrogen-bond acceptors (Lipinski definition) is 5. The third-order valence-corrected chi connectivity index (χ3v) is 5.14. The summed E-state index contributed by atoms with van der Waals surface area (Å²) in [7, 11) is 0. The van der Waals surface area contributed by atoms with Crippen molar-refractivity contribution in [3.63, 3.8) is 0 Å². The second-order valence-corrected chi connectivity index (χ2v) is 7.30. The van der Waals surface area contributed by atoms with Gasteiger partial charge in [0.2, 0.25) is 5.91 Å². The van der Waals surface area contributed by atoms with Crippen LogP contribution in [0.4, 0.5) is 13.2 Å². The molecule has 0 saturated heterocycles. The Bertz CT molecular complexity index is 924. The highest BCUT2D eigenvalue weighted by atomic mass is 19.4. The lowest BCUT2D eigenvalue weighted by molar-refractivity contribution is -0.163. The summed E-state index contributed by atoms with van der Waals surface area (Å²) in [4.78, 5) is 20.5. The van der Waals surface area contributed by atoms with Crippen LogP contribution in [0.3, 0.4) is 0 Å². The van der Waals surface area contributed by atoms with Crippen LogP contribution >= 0.6 is 0 Å². The number of amides is 1. The smallest absolute Gasteiger partial charge is 0.352 e. The summed E-state index contributed by atoms with van der Waals surface area (Å²) in [5, 5.41) is 11.7. The first-order valence-corrected chi connectivity index (χ1v) is 8.97. The lowest BCUT2D eigenvalue weighted by atomic mass is 9.75. The molecule has 0 aliphatic heterocycles. The van der Waals surface area contributed by atoms with Crippen LogP contribution in [0.2, 0.25) is 0 Å². The first-order chi connectivity index (χ1) is 13.2. The number of hydrogen-bond donors (Lipinski definition) is 2. The molecule has 1 saturated carbocycles. The van der Waals surface area contributed by atoms with Gasteiger partial charge in [0, 0.05) is 18.4 Å². The van der Waals surface area contributed by atoms with E-state index in [4.69, 9.17) is 5.73 Å². The maximum Gasteiger partial charge on any atom is 0.412 e. The minimum Gasteiger partial charge on any atom is -0.352 e. The second-order valence-electron chi connectivity index (χ2n) is 7.30. The SMILES string of the molecule is CC1CC(NC(=O)[C@H](N)C(F)(F)F)CC(c2ccc(C#N)c3nccnc23)C1. The zero-order valence-electron chi connectivity index (χ0n) is 15.2. The fraction of sp³-hybridized carbons (Fsp3) is 0.474. The number of aromatic nitrogens is 2. The van der Waals surface area contributed by atoms with Crippen molar-refractivity contribution in [2.45, 2.75) is 50.4 Å². The van der Waals surface area contributed by atoms with Gasteiger partial charge in [0.1, 0.15) is 11.6 Å². The molecule has 1 aliphatic rings. The van der Waals surface area contributed by atoms with Crippen molar-refractivity contribution in [2.24, 2.45) is 11.7 Å². The van der Waals surface area contributed by atoms with Gasteiger partial charge in [-0.05, 0) is 42.7 Å². The van der Waals surface area contributed by atoms with Gasteiger partial charge < -0.3 is 11.1 Å². The van der Waals surface area contributed by atoms with Crippen molar-refractivity contribution < 1.29 is 18.0 Å². The molecular weight excluding hydrogens is 371 g/mol. The van der Waals surface area contributed by atoms with Gasteiger partial charge in [-0.15, -0.1) is 0 Å². The van der Waals surface area contributed by atoms with Crippen LogP contribution in [0.25, 0.3) is 11.0 Å². The van der Waals surface area contributed by atoms with Crippen molar-refractivity contribution in [3.05, 3.63) is 35.7 Å². The quantitative estimate of drug-likeness (QED) is 0.837. The van der Waals surface area contributed by atoms with Gasteiger partial charge in [-0.2, -0.15) is 18.4 Å². The molecule has 1 heterocycles. The molecule has 1 aromatic carbocycles. The minimum absolute atomic E-state index is 0.0249. The standard InChI is InChI=1S/C19H20F3N5O/c1-10-6-12(8-13(7-10)27-18(28)17(24)19(20,21)22)14-3-2-11(9-23)15-16(14)26-5-4-25-15/h2-5,10,12-13,17H,6-8,24H2,1H3,(H,27,28)/t10?,12?,13?,17-/m0/s1. The number of nitrogens with zero attached hydrogens (tertiary/aromatic N) is 3. The number of halogens is 3. The first-order valence-electron chi connectivity index (χ1n) is 8.97. The number of rotatable bonds is 3. The Morgan fingerprint density at radius 3 is 2.57 bits per heavy atom. The van der Waals surface area contributed by atoms with Crippen LogP contribution in [-0.4, -0.2) is 34.1 Å². The molecule has 6 nitrogen and oxygen atoms in total. The summed E-state index contributed by atoms with van der Waals surface area (Å²) in [6.45, 7) is 1.99. The summed E-state index contributed by atoms with van der Waals surface area (Å²) < 4.78 is 38.1. The molecule has 0 radical (unpaired) electrons. The van der Waals surface area contributed by atoms with Crippen molar-refractivity contribution in [3.8, 4) is 6.07 Å². The molecule has 1 fully saturated rings. The van der Waals surface area contributed by atoms with E-state index in [1.807, 2.05) is 13.0 Å². The number of nitrogens with one attached hydrogen (secondary N) is 1. The fourth-order valence-corrected chi connectivity index (χ4v) is 3.91. The Balaban J connectivity index is 1.85. The van der Waals surface area contributed by atoms with E-state index in [1.54, 1.807) is 12.3 Å². The molecule has 0 bridgehead atoms. The Kier molecular flexibility index (Phi) is 5.52. The average molecular weight is 391 g/mol. The van der Waals surface area contributed by atoms with Crippen LogP contribution in [0.5, 0.6) is 0 Å². The third kappa shape index (κ3) is 4.07. The lowest BCUT2D eigenvalue weighted by Crippen LogP contribution is -2.53. The summed E-state index contributed by atoms with van der Waals surface area (Å²) in [6, 6.07) is 2.63. The Labute approximate surface area is 160 Å². The Morgan fingerprint density at radius 2 is 1.93 bits per heavy atom. The van der Waals surface area contributed by atoms with E-state index >= 15 is 0 Å². The highest BCUT2D eigenvalue weighted by molar-refractivity contribution is 5.84. The second kappa shape index (κ2) is 7.72. The van der Waals surface area contributed by atoms with Gasteiger partial charge in [0.05, 0.1) is 11.1 Å². The molecule has 3 rings (SSSR count). The maximum absolute atomic E-state index is 12.7. The van der Waals surface area contributed by atoms with Crippen LogP contribution < -0.4 is 11.1 Å². The number of fused-ring (bicyclic) bond motifs is 1. The van der Waals surface area contributed by atoms with E-state index in [9.17, 15) is 23.2 Å². The van der Waals surface area contributed by atoms with E-state index in [1.165, 1.54) is 6.20 Å². The van der Waals surface area contributed by atoms with Crippen molar-refractivity contribution in [1.82, 2.24) is 15.3 Å². The average Bonchev–Trinajstić information content (AvgIpc) is 2.65. The van der Waals surface area contributed by atoms with Crippen LogP contribution in [-0.2, 0) is 4.79 Å². The van der Waals surface area contributed by atoms with Crippen molar-refractivity contribution in [1.29, 1.82) is 5.26 Å². The largest absolute Gasteiger partial charge is 0.412 e. The number of carbonyl (C=O) groups excluding carboxylic acids is 1. The molecule has 9 heteroatoms. The number of benzene rings is 1. The van der Waals surface area contributed by atoms with E-state index in [0.717, 1.165) is 12.0 Å². The van der Waals surface area contributed by atoms with E-state index in [-0.39, 0.29) is 11.8 Å². The van der Waals surface area contributed by atoms with E-state index in [2.05, 4.69) is 21.4 Å².